The molecule has 0 bridgehead atoms. The summed E-state index contributed by atoms with van der Waals surface area (Å²) in [4.78, 5) is 22.5. The Balaban J connectivity index is 2.44. The number of hydrogen-bond donors (Lipinski definition) is 1. The largest absolute Gasteiger partial charge is 0.500 e. The fourth-order valence-electron chi connectivity index (χ4n) is 2.61. The molecule has 0 heterocycles. The molecule has 28 heavy (non-hydrogen) atoms. The van der Waals surface area contributed by atoms with Crippen LogP contribution in [0, 0.1) is 0 Å². The van der Waals surface area contributed by atoms with Crippen molar-refractivity contribution < 1.29 is 32.7 Å². The Labute approximate surface area is 167 Å². The number of carbonyl (C=O) groups excluding carboxylic acids is 1. The van der Waals surface area contributed by atoms with E-state index in [0.717, 1.165) is 12.5 Å². The standard InChI is InChI=1S/C20H30O7Si/c1-4-24-28(25-5-2,26-6-3)16-8-7-9-20(23)27-18-13-10-17(11-14-18)12-15-19(21)22/h10-15H,4-9,16H2,1-3H3,(H,21,22). The van der Waals surface area contributed by atoms with Gasteiger partial charge in [0.15, 0.2) is 0 Å². The highest BCUT2D eigenvalue weighted by Crippen LogP contribution is 2.20. The van der Waals surface area contributed by atoms with E-state index in [1.54, 1.807) is 24.3 Å². The molecule has 0 fully saturated rings. The zero-order valence-electron chi connectivity index (χ0n) is 16.8. The summed E-state index contributed by atoms with van der Waals surface area (Å²) in [5.41, 5.74) is 0.714. The van der Waals surface area contributed by atoms with Crippen LogP contribution < -0.4 is 4.74 Å². The van der Waals surface area contributed by atoms with E-state index in [-0.39, 0.29) is 12.4 Å². The normalized spacial score (nSPS) is 11.7. The van der Waals surface area contributed by atoms with Gasteiger partial charge >= 0.3 is 20.7 Å². The van der Waals surface area contributed by atoms with Crippen LogP contribution in [0.2, 0.25) is 6.04 Å². The predicted molar refractivity (Wildman–Crippen MR) is 108 cm³/mol. The van der Waals surface area contributed by atoms with Crippen molar-refractivity contribution >= 4 is 26.8 Å². The zero-order chi connectivity index (χ0) is 20.8. The molecule has 156 valence electrons. The molecular formula is C20H30O7Si. The van der Waals surface area contributed by atoms with Crippen LogP contribution in [-0.4, -0.2) is 45.7 Å². The second kappa shape index (κ2) is 13.2. The summed E-state index contributed by atoms with van der Waals surface area (Å²) in [6.45, 7) is 7.35. The Morgan fingerprint density at radius 1 is 0.964 bits per heavy atom. The Morgan fingerprint density at radius 2 is 1.54 bits per heavy atom. The zero-order valence-corrected chi connectivity index (χ0v) is 17.8. The molecule has 1 aromatic carbocycles. The number of hydrogen-bond acceptors (Lipinski definition) is 6. The number of carboxylic acid groups (broad SMARTS) is 1. The minimum atomic E-state index is -2.66. The maximum absolute atomic E-state index is 12.0. The maximum Gasteiger partial charge on any atom is 0.500 e. The van der Waals surface area contributed by atoms with Gasteiger partial charge < -0.3 is 23.1 Å². The number of unbranched alkanes of at least 4 members (excludes halogenated alkanes) is 1. The van der Waals surface area contributed by atoms with Gasteiger partial charge in [-0.05, 0) is 57.4 Å². The van der Waals surface area contributed by atoms with Gasteiger partial charge in [-0.1, -0.05) is 12.1 Å². The van der Waals surface area contributed by atoms with Gasteiger partial charge in [0.25, 0.3) is 0 Å². The van der Waals surface area contributed by atoms with E-state index in [2.05, 4.69) is 0 Å². The highest BCUT2D eigenvalue weighted by molar-refractivity contribution is 6.60. The number of carbonyl (C=O) groups is 2. The van der Waals surface area contributed by atoms with Crippen LogP contribution >= 0.6 is 0 Å². The molecular weight excluding hydrogens is 380 g/mol. The lowest BCUT2D eigenvalue weighted by Crippen LogP contribution is -2.45. The fraction of sp³-hybridized carbons (Fsp3) is 0.500. The summed E-state index contributed by atoms with van der Waals surface area (Å²) in [7, 11) is -2.66. The minimum Gasteiger partial charge on any atom is -0.478 e. The predicted octanol–water partition coefficient (Wildman–Crippen LogP) is 3.91. The van der Waals surface area contributed by atoms with Crippen molar-refractivity contribution in [2.24, 2.45) is 0 Å². The number of rotatable bonds is 14. The highest BCUT2D eigenvalue weighted by Gasteiger charge is 2.39. The summed E-state index contributed by atoms with van der Waals surface area (Å²) >= 11 is 0. The van der Waals surface area contributed by atoms with Crippen LogP contribution in [0.3, 0.4) is 0 Å². The van der Waals surface area contributed by atoms with Gasteiger partial charge in [-0.15, -0.1) is 0 Å². The van der Waals surface area contributed by atoms with E-state index in [1.165, 1.54) is 6.08 Å². The molecule has 1 aromatic rings. The fourth-order valence-corrected chi connectivity index (χ4v) is 5.29. The average Bonchev–Trinajstić information content (AvgIpc) is 2.65. The molecule has 8 heteroatoms. The van der Waals surface area contributed by atoms with Gasteiger partial charge in [-0.2, -0.15) is 0 Å². The van der Waals surface area contributed by atoms with Crippen molar-refractivity contribution in [3.63, 3.8) is 0 Å². The molecule has 0 aliphatic heterocycles. The van der Waals surface area contributed by atoms with Crippen LogP contribution in [-0.2, 0) is 22.9 Å². The second-order valence-corrected chi connectivity index (χ2v) is 8.64. The van der Waals surface area contributed by atoms with Crippen molar-refractivity contribution in [1.29, 1.82) is 0 Å². The van der Waals surface area contributed by atoms with E-state index >= 15 is 0 Å². The quantitative estimate of drug-likeness (QED) is 0.163. The van der Waals surface area contributed by atoms with E-state index in [1.807, 2.05) is 20.8 Å². The SMILES string of the molecule is CCO[Si](CCCCC(=O)Oc1ccc(C=CC(=O)O)cc1)(OCC)OCC. The van der Waals surface area contributed by atoms with Crippen LogP contribution in [0.15, 0.2) is 30.3 Å². The van der Waals surface area contributed by atoms with Crippen molar-refractivity contribution in [2.45, 2.75) is 46.1 Å². The molecule has 0 saturated carbocycles. The third-order valence-corrected chi connectivity index (χ3v) is 6.89. The smallest absolute Gasteiger partial charge is 0.478 e. The maximum atomic E-state index is 12.0. The van der Waals surface area contributed by atoms with Gasteiger partial charge in [-0.3, -0.25) is 4.79 Å². The van der Waals surface area contributed by atoms with Gasteiger partial charge in [0.05, 0.1) is 0 Å². The molecule has 1 N–H and O–H groups in total. The molecule has 0 aliphatic carbocycles. The van der Waals surface area contributed by atoms with Gasteiger partial charge in [0, 0.05) is 38.4 Å². The second-order valence-electron chi connectivity index (χ2n) is 5.90. The van der Waals surface area contributed by atoms with Gasteiger partial charge in [0.2, 0.25) is 0 Å². The number of aliphatic carboxylic acids is 1. The van der Waals surface area contributed by atoms with Crippen LogP contribution in [0.5, 0.6) is 5.75 Å². The van der Waals surface area contributed by atoms with Crippen molar-refractivity contribution in [3.05, 3.63) is 35.9 Å². The molecule has 0 aromatic heterocycles. The lowest BCUT2D eigenvalue weighted by Gasteiger charge is -2.28. The Morgan fingerprint density at radius 3 is 2.04 bits per heavy atom. The number of esters is 1. The molecule has 0 spiro atoms. The van der Waals surface area contributed by atoms with E-state index in [0.29, 0.717) is 43.6 Å². The third-order valence-electron chi connectivity index (χ3n) is 3.74. The molecule has 7 nitrogen and oxygen atoms in total. The molecule has 0 amide bonds. The lowest BCUT2D eigenvalue weighted by atomic mass is 10.2. The van der Waals surface area contributed by atoms with Crippen LogP contribution in [0.4, 0.5) is 0 Å². The van der Waals surface area contributed by atoms with Gasteiger partial charge in [-0.25, -0.2) is 4.79 Å². The Kier molecular flexibility index (Phi) is 11.3. The summed E-state index contributed by atoms with van der Waals surface area (Å²) in [6.07, 6.45) is 4.21. The van der Waals surface area contributed by atoms with E-state index < -0.39 is 14.8 Å². The number of ether oxygens (including phenoxy) is 1. The molecule has 0 unspecified atom stereocenters. The molecule has 0 saturated heterocycles. The highest BCUT2D eigenvalue weighted by atomic mass is 28.4. The van der Waals surface area contributed by atoms with Gasteiger partial charge in [0.1, 0.15) is 5.75 Å². The summed E-state index contributed by atoms with van der Waals surface area (Å²) < 4.78 is 22.7. The first kappa shape index (κ1) is 24.0. The number of benzene rings is 1. The molecule has 0 atom stereocenters. The first-order valence-electron chi connectivity index (χ1n) is 9.58. The molecule has 0 aliphatic rings. The molecule has 1 rings (SSSR count). The topological polar surface area (TPSA) is 91.3 Å². The van der Waals surface area contributed by atoms with Crippen LogP contribution in [0.25, 0.3) is 6.08 Å². The number of carboxylic acids is 1. The van der Waals surface area contributed by atoms with E-state index in [4.69, 9.17) is 23.1 Å². The van der Waals surface area contributed by atoms with Crippen molar-refractivity contribution in [2.75, 3.05) is 19.8 Å². The summed E-state index contributed by atoms with van der Waals surface area (Å²) in [5.74, 6) is -0.898. The Hall–Kier alpha value is -2.00. The van der Waals surface area contributed by atoms with Crippen LogP contribution in [0.1, 0.15) is 45.6 Å². The lowest BCUT2D eigenvalue weighted by molar-refractivity contribution is -0.134. The van der Waals surface area contributed by atoms with E-state index in [9.17, 15) is 9.59 Å². The average molecular weight is 411 g/mol. The minimum absolute atomic E-state index is 0.287. The third kappa shape index (κ3) is 9.27. The monoisotopic (exact) mass is 410 g/mol. The Bertz CT molecular complexity index is 611. The molecule has 0 radical (unpaired) electrons. The van der Waals surface area contributed by atoms with Crippen molar-refractivity contribution in [3.8, 4) is 5.75 Å². The summed E-state index contributed by atoms with van der Waals surface area (Å²) in [6, 6.07) is 7.32. The van der Waals surface area contributed by atoms with Crippen molar-refractivity contribution in [1.82, 2.24) is 0 Å². The first-order valence-corrected chi connectivity index (χ1v) is 11.5. The summed E-state index contributed by atoms with van der Waals surface area (Å²) in [5, 5.41) is 8.61. The first-order chi connectivity index (χ1) is 13.4.